The number of aliphatic hydroxyl groups is 5. The fraction of sp³-hybridized carbons (Fsp3) is 1.00. The van der Waals surface area contributed by atoms with Gasteiger partial charge in [-0.15, -0.1) is 0 Å². The first kappa shape index (κ1) is 13.7. The zero-order chi connectivity index (χ0) is 12.5. The molecule has 0 amide bonds. The number of rotatable bonds is 3. The van der Waals surface area contributed by atoms with Gasteiger partial charge in [0.05, 0.1) is 12.6 Å². The molecule has 96 valence electrons. The molecule has 0 radical (unpaired) electrons. The highest BCUT2D eigenvalue weighted by Crippen LogP contribution is 2.20. The number of aliphatic hydroxyl groups excluding tert-OH is 4. The van der Waals surface area contributed by atoms with Crippen molar-refractivity contribution in [2.24, 2.45) is 0 Å². The molecule has 6 N–H and O–H groups in total. The van der Waals surface area contributed by atoms with Gasteiger partial charge in [0.2, 0.25) is 0 Å². The van der Waals surface area contributed by atoms with Crippen LogP contribution in [-0.4, -0.2) is 68.7 Å². The standard InChI is InChI=1S/C8H16NO7/c1-8(14,15)9-4-6(12)5(11)3(2-10)16-7(4)13/h3-7,9-14H,2H2,1H3/q-1/t3?,4?,5-,6+,7?,8?/m0/s1. The quantitative estimate of drug-likeness (QED) is 0.269. The predicted octanol–water partition coefficient (Wildman–Crippen LogP) is -4.60. The second-order valence-corrected chi connectivity index (χ2v) is 3.88. The van der Waals surface area contributed by atoms with Crippen LogP contribution < -0.4 is 10.4 Å². The molecule has 1 aliphatic heterocycles. The summed E-state index contributed by atoms with van der Waals surface area (Å²) in [4.78, 5) is 0. The van der Waals surface area contributed by atoms with E-state index in [2.05, 4.69) is 0 Å². The minimum Gasteiger partial charge on any atom is -0.817 e. The zero-order valence-electron chi connectivity index (χ0n) is 8.65. The van der Waals surface area contributed by atoms with Crippen molar-refractivity contribution < 1.29 is 35.4 Å². The van der Waals surface area contributed by atoms with Gasteiger partial charge in [0.1, 0.15) is 18.3 Å². The number of ether oxygens (including phenoxy) is 1. The van der Waals surface area contributed by atoms with Gasteiger partial charge in [0, 0.05) is 5.91 Å². The van der Waals surface area contributed by atoms with Gasteiger partial charge < -0.3 is 35.4 Å². The van der Waals surface area contributed by atoms with Crippen molar-refractivity contribution in [3.8, 4) is 0 Å². The molecule has 1 saturated heterocycles. The first-order chi connectivity index (χ1) is 7.26. The van der Waals surface area contributed by atoms with Crippen LogP contribution in [0.2, 0.25) is 0 Å². The molecule has 0 aliphatic carbocycles. The third-order valence-electron chi connectivity index (χ3n) is 2.33. The third-order valence-corrected chi connectivity index (χ3v) is 2.33. The maximum absolute atomic E-state index is 11.0. The van der Waals surface area contributed by atoms with Crippen LogP contribution in [0.4, 0.5) is 0 Å². The molecule has 6 atom stereocenters. The highest BCUT2D eigenvalue weighted by atomic mass is 16.6. The Labute approximate surface area is 91.7 Å². The fourth-order valence-electron chi connectivity index (χ4n) is 1.56. The van der Waals surface area contributed by atoms with Gasteiger partial charge >= 0.3 is 0 Å². The topological polar surface area (TPSA) is 145 Å². The van der Waals surface area contributed by atoms with Crippen molar-refractivity contribution >= 4 is 0 Å². The molecule has 0 spiro atoms. The molecule has 0 aromatic carbocycles. The number of hydrogen-bond donors (Lipinski definition) is 6. The summed E-state index contributed by atoms with van der Waals surface area (Å²) in [5.74, 6) is -2.58. The molecule has 1 heterocycles. The maximum Gasteiger partial charge on any atom is 0.173 e. The second-order valence-electron chi connectivity index (χ2n) is 3.88. The molecule has 4 unspecified atom stereocenters. The Kier molecular flexibility index (Phi) is 4.21. The Morgan fingerprint density at radius 1 is 1.31 bits per heavy atom. The zero-order valence-corrected chi connectivity index (χ0v) is 8.65. The summed E-state index contributed by atoms with van der Waals surface area (Å²) >= 11 is 0. The number of hydrogen-bond acceptors (Lipinski definition) is 8. The van der Waals surface area contributed by atoms with Gasteiger partial charge in [-0.25, -0.2) is 0 Å². The van der Waals surface area contributed by atoms with Crippen LogP contribution in [0.5, 0.6) is 0 Å². The molecule has 1 rings (SSSR count). The van der Waals surface area contributed by atoms with Crippen LogP contribution in [0.25, 0.3) is 0 Å². The lowest BCUT2D eigenvalue weighted by molar-refractivity contribution is -0.556. The Morgan fingerprint density at radius 2 is 1.88 bits per heavy atom. The molecule has 8 nitrogen and oxygen atoms in total. The van der Waals surface area contributed by atoms with Crippen LogP contribution >= 0.6 is 0 Å². The van der Waals surface area contributed by atoms with E-state index >= 15 is 0 Å². The van der Waals surface area contributed by atoms with E-state index in [-0.39, 0.29) is 0 Å². The Morgan fingerprint density at radius 3 is 2.31 bits per heavy atom. The summed E-state index contributed by atoms with van der Waals surface area (Å²) < 4.78 is 4.76. The first-order valence-electron chi connectivity index (χ1n) is 4.77. The van der Waals surface area contributed by atoms with Gasteiger partial charge in [-0.3, -0.25) is 5.32 Å². The van der Waals surface area contributed by atoms with E-state index in [0.717, 1.165) is 6.92 Å². The molecule has 1 fully saturated rings. The summed E-state index contributed by atoms with van der Waals surface area (Å²) in [7, 11) is 0. The second kappa shape index (κ2) is 4.90. The minimum absolute atomic E-state index is 0.588. The average Bonchev–Trinajstić information content (AvgIpc) is 2.17. The Balaban J connectivity index is 2.72. The van der Waals surface area contributed by atoms with Gasteiger partial charge in [-0.2, -0.15) is 0 Å². The molecule has 1 aliphatic rings. The molecule has 0 saturated carbocycles. The minimum atomic E-state index is -2.58. The van der Waals surface area contributed by atoms with Crippen LogP contribution in [-0.2, 0) is 4.74 Å². The van der Waals surface area contributed by atoms with Crippen molar-refractivity contribution in [1.82, 2.24) is 5.32 Å². The SMILES string of the molecule is CC([O-])(O)NC1C(O)OC(CO)[C@H](O)[C@@H]1O. The van der Waals surface area contributed by atoms with Crippen molar-refractivity contribution in [2.75, 3.05) is 6.61 Å². The molecule has 0 aromatic rings. The summed E-state index contributed by atoms with van der Waals surface area (Å²) in [6.07, 6.45) is -5.76. The van der Waals surface area contributed by atoms with Crippen molar-refractivity contribution in [2.45, 2.75) is 43.5 Å². The van der Waals surface area contributed by atoms with Gasteiger partial charge in [0.15, 0.2) is 6.29 Å². The molecule has 16 heavy (non-hydrogen) atoms. The maximum atomic E-state index is 11.0. The summed E-state index contributed by atoms with van der Waals surface area (Å²) in [6, 6.07) is -1.34. The third kappa shape index (κ3) is 3.09. The van der Waals surface area contributed by atoms with E-state index in [9.17, 15) is 20.4 Å². The van der Waals surface area contributed by atoms with Crippen molar-refractivity contribution in [3.63, 3.8) is 0 Å². The van der Waals surface area contributed by atoms with E-state index in [1.165, 1.54) is 0 Å². The Hall–Kier alpha value is -0.320. The fourth-order valence-corrected chi connectivity index (χ4v) is 1.56. The summed E-state index contributed by atoms with van der Waals surface area (Å²) in [6.45, 7) is 0.284. The van der Waals surface area contributed by atoms with Crippen molar-refractivity contribution in [1.29, 1.82) is 0 Å². The predicted molar refractivity (Wildman–Crippen MR) is 47.5 cm³/mol. The molecule has 0 aromatic heterocycles. The van der Waals surface area contributed by atoms with Crippen LogP contribution in [0, 0.1) is 0 Å². The lowest BCUT2D eigenvalue weighted by Crippen LogP contribution is -2.69. The highest BCUT2D eigenvalue weighted by molar-refractivity contribution is 4.93. The number of nitrogens with one attached hydrogen (secondary N) is 1. The molecular formula is C8H16NO7-. The Bertz CT molecular complexity index is 231. The molecule has 0 bridgehead atoms. The smallest absolute Gasteiger partial charge is 0.173 e. The van der Waals surface area contributed by atoms with Crippen molar-refractivity contribution in [3.05, 3.63) is 0 Å². The summed E-state index contributed by atoms with van der Waals surface area (Å²) in [5.41, 5.74) is 0. The first-order valence-corrected chi connectivity index (χ1v) is 4.77. The van der Waals surface area contributed by atoms with Gasteiger partial charge in [-0.1, -0.05) is 0 Å². The largest absolute Gasteiger partial charge is 0.817 e. The lowest BCUT2D eigenvalue weighted by atomic mass is 9.97. The average molecular weight is 238 g/mol. The monoisotopic (exact) mass is 238 g/mol. The van der Waals surface area contributed by atoms with Gasteiger partial charge in [0.25, 0.3) is 0 Å². The molecular weight excluding hydrogens is 222 g/mol. The van der Waals surface area contributed by atoms with E-state index in [0.29, 0.717) is 0 Å². The molecule has 8 heteroatoms. The van der Waals surface area contributed by atoms with Crippen LogP contribution in [0.3, 0.4) is 0 Å². The lowest BCUT2D eigenvalue weighted by Gasteiger charge is -2.45. The van der Waals surface area contributed by atoms with E-state index in [1.807, 2.05) is 5.32 Å². The van der Waals surface area contributed by atoms with E-state index < -0.39 is 43.2 Å². The van der Waals surface area contributed by atoms with E-state index in [4.69, 9.17) is 14.9 Å². The van der Waals surface area contributed by atoms with E-state index in [1.54, 1.807) is 0 Å². The van der Waals surface area contributed by atoms with Crippen LogP contribution in [0.15, 0.2) is 0 Å². The highest BCUT2D eigenvalue weighted by Gasteiger charge is 2.44. The van der Waals surface area contributed by atoms with Gasteiger partial charge in [-0.05, 0) is 6.92 Å². The van der Waals surface area contributed by atoms with Crippen LogP contribution in [0.1, 0.15) is 6.92 Å². The normalized spacial score (nSPS) is 44.1. The summed E-state index contributed by atoms with van der Waals surface area (Å²) in [5, 5.41) is 59.1.